The van der Waals surface area contributed by atoms with E-state index in [-0.39, 0.29) is 0 Å². The number of thiocarbonyl (C=S) groups is 1. The molecule has 0 aromatic heterocycles. The number of benzene rings is 2. The van der Waals surface area contributed by atoms with E-state index in [0.717, 1.165) is 21.4 Å². The fraction of sp³-hybridized carbons (Fsp3) is 0.0714. The van der Waals surface area contributed by atoms with Crippen molar-refractivity contribution >= 4 is 56.3 Å². The van der Waals surface area contributed by atoms with Crippen LogP contribution in [0.2, 0.25) is 0 Å². The molecule has 0 amide bonds. The summed E-state index contributed by atoms with van der Waals surface area (Å²) in [4.78, 5) is 1.60. The molecule has 0 unspecified atom stereocenters. The highest BCUT2D eigenvalue weighted by atomic mass is 79.9. The number of hydrogen-bond donors (Lipinski definition) is 2. The van der Waals surface area contributed by atoms with Crippen LogP contribution in [0.25, 0.3) is 0 Å². The molecule has 2 aromatic rings. The van der Waals surface area contributed by atoms with Crippen molar-refractivity contribution in [2.24, 2.45) is 5.73 Å². The highest BCUT2D eigenvalue weighted by Gasteiger charge is 2.09. The number of thioether (sulfide) groups is 1. The maximum Gasteiger partial charge on any atom is 0.107 e. The van der Waals surface area contributed by atoms with Crippen LogP contribution in [0.4, 0.5) is 11.4 Å². The van der Waals surface area contributed by atoms with Gasteiger partial charge < -0.3 is 11.1 Å². The Balaban J connectivity index is 2.32. The molecule has 2 nitrogen and oxygen atoms in total. The fourth-order valence-corrected chi connectivity index (χ4v) is 3.05. The largest absolute Gasteiger partial charge is 0.389 e. The van der Waals surface area contributed by atoms with E-state index in [1.807, 2.05) is 30.3 Å². The quantitative estimate of drug-likeness (QED) is 0.625. The smallest absolute Gasteiger partial charge is 0.107 e. The van der Waals surface area contributed by atoms with Crippen LogP contribution >= 0.6 is 39.9 Å². The van der Waals surface area contributed by atoms with Crippen molar-refractivity contribution in [3.63, 3.8) is 0 Å². The van der Waals surface area contributed by atoms with E-state index in [1.165, 1.54) is 4.90 Å². The number of anilines is 2. The van der Waals surface area contributed by atoms with E-state index >= 15 is 0 Å². The number of halogens is 1. The molecule has 2 rings (SSSR count). The van der Waals surface area contributed by atoms with Crippen molar-refractivity contribution in [1.82, 2.24) is 0 Å². The third-order valence-corrected chi connectivity index (χ3v) is 4.24. The molecule has 3 N–H and O–H groups in total. The first-order chi connectivity index (χ1) is 9.11. The summed E-state index contributed by atoms with van der Waals surface area (Å²) in [6.45, 7) is 0. The first-order valence-corrected chi connectivity index (χ1v) is 8.04. The summed E-state index contributed by atoms with van der Waals surface area (Å²) in [5, 5.41) is 3.34. The van der Waals surface area contributed by atoms with Gasteiger partial charge >= 0.3 is 0 Å². The first-order valence-electron chi connectivity index (χ1n) is 5.61. The Morgan fingerprint density at radius 2 is 1.89 bits per heavy atom. The average molecular weight is 353 g/mol. The lowest BCUT2D eigenvalue weighted by Crippen LogP contribution is -2.12. The van der Waals surface area contributed by atoms with Gasteiger partial charge in [0.15, 0.2) is 0 Å². The summed E-state index contributed by atoms with van der Waals surface area (Å²) >= 11 is 10.3. The van der Waals surface area contributed by atoms with Gasteiger partial charge in [0.2, 0.25) is 0 Å². The summed E-state index contributed by atoms with van der Waals surface area (Å²) in [5.41, 5.74) is 8.51. The molecule has 0 fully saturated rings. The Morgan fingerprint density at radius 3 is 2.47 bits per heavy atom. The molecular weight excluding hydrogens is 340 g/mol. The molecule has 98 valence electrons. The lowest BCUT2D eigenvalue weighted by Gasteiger charge is -2.13. The number of nitrogens with two attached hydrogens (primary N) is 1. The maximum atomic E-state index is 5.77. The predicted octanol–water partition coefficient (Wildman–Crippen LogP) is 4.55. The Morgan fingerprint density at radius 1 is 1.21 bits per heavy atom. The summed E-state index contributed by atoms with van der Waals surface area (Å²) < 4.78 is 0.894. The third kappa shape index (κ3) is 3.49. The lowest BCUT2D eigenvalue weighted by molar-refractivity contribution is 1.43. The fourth-order valence-electron chi connectivity index (χ4n) is 1.71. The minimum absolute atomic E-state index is 0.371. The second-order valence-corrected chi connectivity index (χ2v) is 6.05. The number of rotatable bonds is 4. The molecule has 0 saturated carbocycles. The SMILES string of the molecule is CSc1ccc(Nc2cccc(Br)c2C(N)=S)cc1. The highest BCUT2D eigenvalue weighted by Crippen LogP contribution is 2.28. The Hall–Kier alpha value is -1.04. The monoisotopic (exact) mass is 352 g/mol. The molecule has 0 atom stereocenters. The van der Waals surface area contributed by atoms with E-state index < -0.39 is 0 Å². The molecule has 0 heterocycles. The molecule has 0 saturated heterocycles. The van der Waals surface area contributed by atoms with Crippen molar-refractivity contribution in [3.05, 3.63) is 52.5 Å². The zero-order valence-electron chi connectivity index (χ0n) is 10.3. The van der Waals surface area contributed by atoms with Gasteiger partial charge in [0.05, 0.1) is 0 Å². The van der Waals surface area contributed by atoms with Gasteiger partial charge in [-0.15, -0.1) is 11.8 Å². The van der Waals surface area contributed by atoms with Crippen LogP contribution in [0.15, 0.2) is 51.8 Å². The Kier molecular flexibility index (Phi) is 4.85. The molecule has 0 radical (unpaired) electrons. The van der Waals surface area contributed by atoms with Gasteiger partial charge in [-0.1, -0.05) is 18.3 Å². The summed E-state index contributed by atoms with van der Waals surface area (Å²) in [6, 6.07) is 14.1. The van der Waals surface area contributed by atoms with Gasteiger partial charge in [-0.05, 0) is 58.6 Å². The molecule has 0 spiro atoms. The molecule has 0 aliphatic heterocycles. The lowest BCUT2D eigenvalue weighted by atomic mass is 10.1. The summed E-state index contributed by atoms with van der Waals surface area (Å²) in [6.07, 6.45) is 2.06. The van der Waals surface area contributed by atoms with Crippen molar-refractivity contribution in [3.8, 4) is 0 Å². The van der Waals surface area contributed by atoms with Crippen LogP contribution in [-0.4, -0.2) is 11.2 Å². The summed E-state index contributed by atoms with van der Waals surface area (Å²) in [5.74, 6) is 0. The van der Waals surface area contributed by atoms with Crippen LogP contribution in [0.3, 0.4) is 0 Å². The van der Waals surface area contributed by atoms with Gasteiger partial charge in [-0.2, -0.15) is 0 Å². The van der Waals surface area contributed by atoms with E-state index in [1.54, 1.807) is 11.8 Å². The Bertz CT molecular complexity index is 597. The van der Waals surface area contributed by atoms with E-state index in [9.17, 15) is 0 Å². The minimum atomic E-state index is 0.371. The van der Waals surface area contributed by atoms with Gasteiger partial charge in [-0.25, -0.2) is 0 Å². The van der Waals surface area contributed by atoms with Gasteiger partial charge in [0, 0.05) is 26.3 Å². The van der Waals surface area contributed by atoms with E-state index in [2.05, 4.69) is 39.6 Å². The maximum absolute atomic E-state index is 5.77. The number of hydrogen-bond acceptors (Lipinski definition) is 3. The highest BCUT2D eigenvalue weighted by molar-refractivity contribution is 9.10. The van der Waals surface area contributed by atoms with Crippen molar-refractivity contribution in [2.75, 3.05) is 11.6 Å². The molecule has 0 aliphatic carbocycles. The topological polar surface area (TPSA) is 38.0 Å². The average Bonchev–Trinajstić information content (AvgIpc) is 2.39. The van der Waals surface area contributed by atoms with Crippen LogP contribution in [-0.2, 0) is 0 Å². The standard InChI is InChI=1S/C14H13BrN2S2/c1-19-10-7-5-9(6-8-10)17-12-4-2-3-11(15)13(12)14(16)18/h2-8,17H,1H3,(H2,16,18). The molecule has 0 bridgehead atoms. The first kappa shape index (κ1) is 14.4. The second kappa shape index (κ2) is 6.41. The molecule has 19 heavy (non-hydrogen) atoms. The molecular formula is C14H13BrN2S2. The zero-order chi connectivity index (χ0) is 13.8. The molecule has 5 heteroatoms. The van der Waals surface area contributed by atoms with Crippen LogP contribution in [0.5, 0.6) is 0 Å². The van der Waals surface area contributed by atoms with Crippen LogP contribution in [0, 0.1) is 0 Å². The third-order valence-electron chi connectivity index (χ3n) is 2.63. The zero-order valence-corrected chi connectivity index (χ0v) is 13.5. The molecule has 2 aromatic carbocycles. The Labute approximate surface area is 130 Å². The van der Waals surface area contributed by atoms with Crippen LogP contribution in [0.1, 0.15) is 5.56 Å². The van der Waals surface area contributed by atoms with Gasteiger partial charge in [0.25, 0.3) is 0 Å². The second-order valence-electron chi connectivity index (χ2n) is 3.88. The minimum Gasteiger partial charge on any atom is -0.389 e. The van der Waals surface area contributed by atoms with Crippen molar-refractivity contribution in [1.29, 1.82) is 0 Å². The summed E-state index contributed by atoms with van der Waals surface area (Å²) in [7, 11) is 0. The predicted molar refractivity (Wildman–Crippen MR) is 91.5 cm³/mol. The van der Waals surface area contributed by atoms with Gasteiger partial charge in [-0.3, -0.25) is 0 Å². The van der Waals surface area contributed by atoms with E-state index in [0.29, 0.717) is 4.99 Å². The normalized spacial score (nSPS) is 10.2. The van der Waals surface area contributed by atoms with Gasteiger partial charge in [0.1, 0.15) is 4.99 Å². The number of nitrogens with one attached hydrogen (secondary N) is 1. The van der Waals surface area contributed by atoms with E-state index in [4.69, 9.17) is 18.0 Å². The molecule has 0 aliphatic rings. The van der Waals surface area contributed by atoms with Crippen LogP contribution < -0.4 is 11.1 Å². The van der Waals surface area contributed by atoms with Crippen molar-refractivity contribution in [2.45, 2.75) is 4.90 Å². The van der Waals surface area contributed by atoms with Crippen molar-refractivity contribution < 1.29 is 0 Å².